The standard InChI is InChI=1S/C14H15NS/c15-14-9-5-4-8-13(14)11-16-10-12-6-2-1-3-7-12/h1-9H,10-11,15H2. The molecule has 0 saturated carbocycles. The van der Waals surface area contributed by atoms with Crippen LogP contribution in [-0.4, -0.2) is 0 Å². The van der Waals surface area contributed by atoms with Gasteiger partial charge >= 0.3 is 0 Å². The Morgan fingerprint density at radius 1 is 0.812 bits per heavy atom. The summed E-state index contributed by atoms with van der Waals surface area (Å²) >= 11 is 1.89. The van der Waals surface area contributed by atoms with Crippen molar-refractivity contribution in [2.75, 3.05) is 5.73 Å². The van der Waals surface area contributed by atoms with Crippen LogP contribution in [0.25, 0.3) is 0 Å². The second kappa shape index (κ2) is 5.61. The molecule has 0 heterocycles. The molecule has 0 radical (unpaired) electrons. The Morgan fingerprint density at radius 2 is 1.50 bits per heavy atom. The first kappa shape index (κ1) is 11.1. The molecule has 0 unspecified atom stereocenters. The first-order valence-corrected chi connectivity index (χ1v) is 6.47. The van der Waals surface area contributed by atoms with Crippen molar-refractivity contribution in [3.05, 3.63) is 65.7 Å². The lowest BCUT2D eigenvalue weighted by Crippen LogP contribution is -1.91. The smallest absolute Gasteiger partial charge is 0.0355 e. The number of hydrogen-bond acceptors (Lipinski definition) is 2. The van der Waals surface area contributed by atoms with Gasteiger partial charge < -0.3 is 5.73 Å². The third-order valence-electron chi connectivity index (χ3n) is 2.42. The maximum atomic E-state index is 5.89. The quantitative estimate of drug-likeness (QED) is 0.809. The molecule has 82 valence electrons. The Labute approximate surface area is 101 Å². The average Bonchev–Trinajstić information content (AvgIpc) is 2.33. The second-order valence-corrected chi connectivity index (χ2v) is 4.66. The molecular weight excluding hydrogens is 214 g/mol. The fraction of sp³-hybridized carbons (Fsp3) is 0.143. The average molecular weight is 229 g/mol. The van der Waals surface area contributed by atoms with Gasteiger partial charge in [-0.15, -0.1) is 0 Å². The molecule has 0 bridgehead atoms. The molecular formula is C14H15NS. The zero-order valence-corrected chi connectivity index (χ0v) is 9.91. The Balaban J connectivity index is 1.87. The Bertz CT molecular complexity index is 439. The van der Waals surface area contributed by atoms with Gasteiger partial charge in [-0.1, -0.05) is 48.5 Å². The summed E-state index contributed by atoms with van der Waals surface area (Å²) < 4.78 is 0. The van der Waals surface area contributed by atoms with Gasteiger partial charge in [-0.25, -0.2) is 0 Å². The van der Waals surface area contributed by atoms with E-state index in [1.54, 1.807) is 0 Å². The summed E-state index contributed by atoms with van der Waals surface area (Å²) in [5.41, 5.74) is 9.37. The van der Waals surface area contributed by atoms with Crippen molar-refractivity contribution in [1.29, 1.82) is 0 Å². The van der Waals surface area contributed by atoms with Crippen molar-refractivity contribution in [3.8, 4) is 0 Å². The predicted octanol–water partition coefficient (Wildman–Crippen LogP) is 3.70. The van der Waals surface area contributed by atoms with E-state index in [0.29, 0.717) is 0 Å². The second-order valence-electron chi connectivity index (χ2n) is 3.68. The Hall–Kier alpha value is -1.41. The molecule has 2 N–H and O–H groups in total. The lowest BCUT2D eigenvalue weighted by Gasteiger charge is -2.05. The van der Waals surface area contributed by atoms with Crippen LogP contribution in [0.1, 0.15) is 11.1 Å². The zero-order chi connectivity index (χ0) is 11.2. The summed E-state index contributed by atoms with van der Waals surface area (Å²) in [6, 6.07) is 18.6. The molecule has 0 amide bonds. The van der Waals surface area contributed by atoms with Gasteiger partial charge in [0.05, 0.1) is 0 Å². The number of nitrogen functional groups attached to an aromatic ring is 1. The van der Waals surface area contributed by atoms with E-state index in [4.69, 9.17) is 5.73 Å². The number of hydrogen-bond donors (Lipinski definition) is 1. The molecule has 0 aliphatic heterocycles. The summed E-state index contributed by atoms with van der Waals surface area (Å²) in [6.07, 6.45) is 0. The van der Waals surface area contributed by atoms with Crippen LogP contribution in [0.15, 0.2) is 54.6 Å². The highest BCUT2D eigenvalue weighted by Crippen LogP contribution is 2.21. The normalized spacial score (nSPS) is 10.2. The fourth-order valence-corrected chi connectivity index (χ4v) is 2.53. The monoisotopic (exact) mass is 229 g/mol. The van der Waals surface area contributed by atoms with Gasteiger partial charge in [0, 0.05) is 17.2 Å². The van der Waals surface area contributed by atoms with Gasteiger partial charge in [-0.05, 0) is 17.2 Å². The number of thioether (sulfide) groups is 1. The van der Waals surface area contributed by atoms with E-state index in [-0.39, 0.29) is 0 Å². The molecule has 1 nitrogen and oxygen atoms in total. The fourth-order valence-electron chi connectivity index (χ4n) is 1.52. The van der Waals surface area contributed by atoms with Crippen LogP contribution in [0.4, 0.5) is 5.69 Å². The van der Waals surface area contributed by atoms with Gasteiger partial charge in [-0.3, -0.25) is 0 Å². The molecule has 0 aromatic heterocycles. The Kier molecular flexibility index (Phi) is 3.89. The lowest BCUT2D eigenvalue weighted by atomic mass is 10.2. The van der Waals surface area contributed by atoms with E-state index in [2.05, 4.69) is 30.3 Å². The van der Waals surface area contributed by atoms with E-state index in [9.17, 15) is 0 Å². The van der Waals surface area contributed by atoms with Gasteiger partial charge in [0.15, 0.2) is 0 Å². The van der Waals surface area contributed by atoms with Crippen molar-refractivity contribution in [1.82, 2.24) is 0 Å². The number of para-hydroxylation sites is 1. The summed E-state index contributed by atoms with van der Waals surface area (Å²) in [4.78, 5) is 0. The molecule has 0 atom stereocenters. The molecule has 0 aliphatic rings. The van der Waals surface area contributed by atoms with E-state index >= 15 is 0 Å². The molecule has 2 heteroatoms. The minimum Gasteiger partial charge on any atom is -0.398 e. The van der Waals surface area contributed by atoms with Crippen LogP contribution < -0.4 is 5.73 Å². The van der Waals surface area contributed by atoms with E-state index < -0.39 is 0 Å². The van der Waals surface area contributed by atoms with Crippen LogP contribution in [0, 0.1) is 0 Å². The van der Waals surface area contributed by atoms with Gasteiger partial charge in [0.25, 0.3) is 0 Å². The van der Waals surface area contributed by atoms with Crippen molar-refractivity contribution in [2.45, 2.75) is 11.5 Å². The van der Waals surface area contributed by atoms with Crippen molar-refractivity contribution in [2.24, 2.45) is 0 Å². The number of rotatable bonds is 4. The maximum absolute atomic E-state index is 5.89. The molecule has 2 rings (SSSR count). The third kappa shape index (κ3) is 3.04. The van der Waals surface area contributed by atoms with Crippen molar-refractivity contribution < 1.29 is 0 Å². The first-order valence-electron chi connectivity index (χ1n) is 5.31. The maximum Gasteiger partial charge on any atom is 0.0355 e. The Morgan fingerprint density at radius 3 is 2.25 bits per heavy atom. The van der Waals surface area contributed by atoms with E-state index in [1.807, 2.05) is 36.0 Å². The van der Waals surface area contributed by atoms with Gasteiger partial charge in [0.1, 0.15) is 0 Å². The molecule has 16 heavy (non-hydrogen) atoms. The summed E-state index contributed by atoms with van der Waals surface area (Å²) in [5.74, 6) is 2.01. The van der Waals surface area contributed by atoms with Crippen LogP contribution >= 0.6 is 11.8 Å². The molecule has 0 spiro atoms. The van der Waals surface area contributed by atoms with Gasteiger partial charge in [0.2, 0.25) is 0 Å². The molecule has 2 aromatic rings. The van der Waals surface area contributed by atoms with Gasteiger partial charge in [-0.2, -0.15) is 11.8 Å². The highest BCUT2D eigenvalue weighted by Gasteiger charge is 1.98. The minimum absolute atomic E-state index is 0.892. The molecule has 2 aromatic carbocycles. The van der Waals surface area contributed by atoms with Crippen molar-refractivity contribution >= 4 is 17.4 Å². The SMILES string of the molecule is Nc1ccccc1CSCc1ccccc1. The molecule has 0 aliphatic carbocycles. The highest BCUT2D eigenvalue weighted by molar-refractivity contribution is 7.97. The lowest BCUT2D eigenvalue weighted by molar-refractivity contribution is 1.37. The van der Waals surface area contributed by atoms with Crippen LogP contribution in [-0.2, 0) is 11.5 Å². The van der Waals surface area contributed by atoms with Crippen LogP contribution in [0.5, 0.6) is 0 Å². The van der Waals surface area contributed by atoms with Crippen molar-refractivity contribution in [3.63, 3.8) is 0 Å². The molecule has 0 saturated heterocycles. The number of nitrogens with two attached hydrogens (primary N) is 1. The zero-order valence-electron chi connectivity index (χ0n) is 9.10. The van der Waals surface area contributed by atoms with E-state index in [1.165, 1.54) is 11.1 Å². The van der Waals surface area contributed by atoms with E-state index in [0.717, 1.165) is 17.2 Å². The third-order valence-corrected chi connectivity index (χ3v) is 3.48. The largest absolute Gasteiger partial charge is 0.398 e. The summed E-state index contributed by atoms with van der Waals surface area (Å²) in [5, 5.41) is 0. The summed E-state index contributed by atoms with van der Waals surface area (Å²) in [7, 11) is 0. The summed E-state index contributed by atoms with van der Waals surface area (Å²) in [6.45, 7) is 0. The number of benzene rings is 2. The highest BCUT2D eigenvalue weighted by atomic mass is 32.2. The minimum atomic E-state index is 0.892. The van der Waals surface area contributed by atoms with Crippen LogP contribution in [0.2, 0.25) is 0 Å². The molecule has 0 fully saturated rings. The number of anilines is 1. The first-order chi connectivity index (χ1) is 7.86. The van der Waals surface area contributed by atoms with Crippen LogP contribution in [0.3, 0.4) is 0 Å². The topological polar surface area (TPSA) is 26.0 Å². The predicted molar refractivity (Wildman–Crippen MR) is 72.3 cm³/mol.